The first-order valence-corrected chi connectivity index (χ1v) is 6.85. The molecule has 5 nitrogen and oxygen atoms in total. The quantitative estimate of drug-likeness (QED) is 0.658. The highest BCUT2D eigenvalue weighted by Crippen LogP contribution is 2.18. The lowest BCUT2D eigenvalue weighted by Crippen LogP contribution is -2.16. The minimum absolute atomic E-state index is 0.0817. The van der Waals surface area contributed by atoms with E-state index in [1.807, 2.05) is 0 Å². The molecule has 0 saturated carbocycles. The van der Waals surface area contributed by atoms with Crippen molar-refractivity contribution in [2.24, 2.45) is 5.10 Å². The molecule has 0 heterocycles. The fourth-order valence-electron chi connectivity index (χ4n) is 1.77. The molecule has 0 fully saturated rings. The van der Waals surface area contributed by atoms with E-state index in [-0.39, 0.29) is 18.8 Å². The molecular formula is C17H14FN3O2. The second-order valence-electron chi connectivity index (χ2n) is 4.55. The van der Waals surface area contributed by atoms with Crippen LogP contribution in [0.4, 0.5) is 4.39 Å². The molecule has 0 spiro atoms. The number of carbonyl (C=O) groups is 1. The van der Waals surface area contributed by atoms with Gasteiger partial charge in [-0.15, -0.1) is 0 Å². The highest BCUT2D eigenvalue weighted by Gasteiger charge is 2.05. The van der Waals surface area contributed by atoms with Crippen molar-refractivity contribution in [2.75, 3.05) is 0 Å². The number of nitrogens with zero attached hydrogens (tertiary/aromatic N) is 2. The number of hydrogen-bond donors (Lipinski definition) is 1. The third kappa shape index (κ3) is 4.93. The first kappa shape index (κ1) is 16.2. The van der Waals surface area contributed by atoms with Crippen LogP contribution in [0.3, 0.4) is 0 Å². The van der Waals surface area contributed by atoms with Gasteiger partial charge in [-0.25, -0.2) is 9.82 Å². The number of benzene rings is 2. The summed E-state index contributed by atoms with van der Waals surface area (Å²) in [5, 5.41) is 12.1. The summed E-state index contributed by atoms with van der Waals surface area (Å²) in [6, 6.07) is 15.1. The molecule has 0 bridgehead atoms. The largest absolute Gasteiger partial charge is 0.488 e. The van der Waals surface area contributed by atoms with Crippen LogP contribution < -0.4 is 10.2 Å². The summed E-state index contributed by atoms with van der Waals surface area (Å²) < 4.78 is 19.2. The lowest BCUT2D eigenvalue weighted by atomic mass is 10.2. The molecule has 2 aromatic rings. The molecule has 0 unspecified atom stereocenters. The van der Waals surface area contributed by atoms with Gasteiger partial charge in [0.1, 0.15) is 24.6 Å². The molecule has 0 aliphatic heterocycles. The molecule has 0 saturated heterocycles. The topological polar surface area (TPSA) is 74.5 Å². The maximum atomic E-state index is 13.6. The maximum Gasteiger partial charge on any atom is 0.254 e. The second kappa shape index (κ2) is 8.29. The highest BCUT2D eigenvalue weighted by molar-refractivity contribution is 5.85. The summed E-state index contributed by atoms with van der Waals surface area (Å²) in [5.41, 5.74) is 3.31. The van der Waals surface area contributed by atoms with Gasteiger partial charge in [0.25, 0.3) is 5.91 Å². The Bertz CT molecular complexity index is 753. The molecule has 2 rings (SSSR count). The van der Waals surface area contributed by atoms with E-state index in [1.54, 1.807) is 48.5 Å². The first-order valence-electron chi connectivity index (χ1n) is 6.85. The third-order valence-corrected chi connectivity index (χ3v) is 2.89. The number of carbonyl (C=O) groups excluding carboxylic acids is 1. The number of amides is 1. The Morgan fingerprint density at radius 3 is 2.78 bits per heavy atom. The minimum Gasteiger partial charge on any atom is -0.488 e. The number of nitriles is 1. The van der Waals surface area contributed by atoms with Crippen LogP contribution in [0.15, 0.2) is 53.6 Å². The van der Waals surface area contributed by atoms with Gasteiger partial charge in [-0.2, -0.15) is 10.4 Å². The van der Waals surface area contributed by atoms with Gasteiger partial charge in [-0.1, -0.05) is 30.3 Å². The molecule has 0 atom stereocenters. The van der Waals surface area contributed by atoms with Gasteiger partial charge >= 0.3 is 0 Å². The van der Waals surface area contributed by atoms with Crippen molar-refractivity contribution in [2.45, 2.75) is 13.0 Å². The molecule has 0 radical (unpaired) electrons. The summed E-state index contributed by atoms with van der Waals surface area (Å²) in [4.78, 5) is 11.1. The molecule has 116 valence electrons. The Hall–Kier alpha value is -3.20. The molecule has 0 aliphatic rings. The van der Waals surface area contributed by atoms with Crippen LogP contribution >= 0.6 is 0 Å². The van der Waals surface area contributed by atoms with Gasteiger partial charge in [0.2, 0.25) is 0 Å². The molecule has 1 amide bonds. The van der Waals surface area contributed by atoms with Crippen LogP contribution in [0.2, 0.25) is 0 Å². The second-order valence-corrected chi connectivity index (χ2v) is 4.55. The fraction of sp³-hybridized carbons (Fsp3) is 0.118. The van der Waals surface area contributed by atoms with Crippen molar-refractivity contribution in [3.8, 4) is 11.8 Å². The summed E-state index contributed by atoms with van der Waals surface area (Å²) in [6.07, 6.45) is 1.15. The van der Waals surface area contributed by atoms with Crippen LogP contribution in [0, 0.1) is 17.1 Å². The van der Waals surface area contributed by atoms with E-state index in [4.69, 9.17) is 10.00 Å². The van der Waals surface area contributed by atoms with Gasteiger partial charge in [0, 0.05) is 11.1 Å². The van der Waals surface area contributed by atoms with E-state index in [2.05, 4.69) is 10.5 Å². The third-order valence-electron chi connectivity index (χ3n) is 2.89. The van der Waals surface area contributed by atoms with E-state index in [0.29, 0.717) is 16.9 Å². The van der Waals surface area contributed by atoms with Crippen LogP contribution in [0.5, 0.6) is 5.75 Å². The Balaban J connectivity index is 2.03. The van der Waals surface area contributed by atoms with Crippen molar-refractivity contribution in [1.82, 2.24) is 5.43 Å². The SMILES string of the molecule is N#CCC(=O)N/N=C/c1ccccc1OCc1ccccc1F. The summed E-state index contributed by atoms with van der Waals surface area (Å²) in [6.45, 7) is 0.0817. The normalized spacial score (nSPS) is 10.3. The average Bonchev–Trinajstić information content (AvgIpc) is 2.55. The number of rotatable bonds is 6. The van der Waals surface area contributed by atoms with Gasteiger partial charge < -0.3 is 4.74 Å². The number of ether oxygens (including phenoxy) is 1. The van der Waals surface area contributed by atoms with E-state index in [0.717, 1.165) is 0 Å². The Labute approximate surface area is 133 Å². The van der Waals surface area contributed by atoms with Crippen molar-refractivity contribution in [3.63, 3.8) is 0 Å². The number of halogens is 1. The van der Waals surface area contributed by atoms with Crippen LogP contribution in [-0.4, -0.2) is 12.1 Å². The molecule has 6 heteroatoms. The molecular weight excluding hydrogens is 297 g/mol. The Kier molecular flexibility index (Phi) is 5.83. The van der Waals surface area contributed by atoms with E-state index in [1.165, 1.54) is 12.3 Å². The smallest absolute Gasteiger partial charge is 0.254 e. The van der Waals surface area contributed by atoms with Gasteiger partial charge in [0.15, 0.2) is 0 Å². The molecule has 23 heavy (non-hydrogen) atoms. The van der Waals surface area contributed by atoms with E-state index >= 15 is 0 Å². The van der Waals surface area contributed by atoms with E-state index in [9.17, 15) is 9.18 Å². The molecule has 2 aromatic carbocycles. The zero-order valence-corrected chi connectivity index (χ0v) is 12.2. The van der Waals surface area contributed by atoms with Gasteiger partial charge in [0.05, 0.1) is 12.3 Å². The lowest BCUT2D eigenvalue weighted by molar-refractivity contribution is -0.120. The van der Waals surface area contributed by atoms with Gasteiger partial charge in [-0.3, -0.25) is 4.79 Å². The standard InChI is InChI=1S/C17H14FN3O2/c18-15-7-3-1-6-14(15)12-23-16-8-4-2-5-13(16)11-20-21-17(22)9-10-19/h1-8,11H,9,12H2,(H,21,22)/b20-11+. The number of nitrogens with one attached hydrogen (secondary N) is 1. The highest BCUT2D eigenvalue weighted by atomic mass is 19.1. The maximum absolute atomic E-state index is 13.6. The summed E-state index contributed by atoms with van der Waals surface area (Å²) >= 11 is 0. The minimum atomic E-state index is -0.492. The molecule has 0 aliphatic carbocycles. The van der Waals surface area contributed by atoms with Crippen LogP contribution in [0.1, 0.15) is 17.5 Å². The summed E-state index contributed by atoms with van der Waals surface area (Å²) in [7, 11) is 0. The first-order chi connectivity index (χ1) is 11.2. The zero-order chi connectivity index (χ0) is 16.5. The van der Waals surface area contributed by atoms with Gasteiger partial charge in [-0.05, 0) is 18.2 Å². The zero-order valence-electron chi connectivity index (χ0n) is 12.2. The van der Waals surface area contributed by atoms with Crippen LogP contribution in [0.25, 0.3) is 0 Å². The molecule has 0 aromatic heterocycles. The monoisotopic (exact) mass is 311 g/mol. The Morgan fingerprint density at radius 1 is 1.26 bits per heavy atom. The fourth-order valence-corrected chi connectivity index (χ4v) is 1.77. The average molecular weight is 311 g/mol. The van der Waals surface area contributed by atoms with Crippen molar-refractivity contribution in [1.29, 1.82) is 5.26 Å². The molecule has 1 N–H and O–H groups in total. The lowest BCUT2D eigenvalue weighted by Gasteiger charge is -2.09. The summed E-state index contributed by atoms with van der Waals surface area (Å²) in [5.74, 6) is -0.315. The number of hydrogen-bond acceptors (Lipinski definition) is 4. The predicted octanol–water partition coefficient (Wildman–Crippen LogP) is 2.77. The van der Waals surface area contributed by atoms with Crippen molar-refractivity contribution in [3.05, 3.63) is 65.5 Å². The predicted molar refractivity (Wildman–Crippen MR) is 83.1 cm³/mol. The van der Waals surface area contributed by atoms with Crippen LogP contribution in [-0.2, 0) is 11.4 Å². The number of hydrazone groups is 1. The Morgan fingerprint density at radius 2 is 2.00 bits per heavy atom. The van der Waals surface area contributed by atoms with Crippen molar-refractivity contribution < 1.29 is 13.9 Å². The van der Waals surface area contributed by atoms with Crippen molar-refractivity contribution >= 4 is 12.1 Å². The van der Waals surface area contributed by atoms with E-state index < -0.39 is 5.91 Å². The number of para-hydroxylation sites is 1.